The zero-order valence-corrected chi connectivity index (χ0v) is 13.1. The normalized spacial score (nSPS) is 11.6. The van der Waals surface area contributed by atoms with Crippen LogP contribution in [-0.2, 0) is 23.1 Å². The molecule has 0 amide bonds. The van der Waals surface area contributed by atoms with Gasteiger partial charge in [-0.15, -0.1) is 0 Å². The van der Waals surface area contributed by atoms with Crippen LogP contribution in [0, 0.1) is 6.92 Å². The van der Waals surface area contributed by atoms with E-state index in [9.17, 15) is 4.79 Å². The molecule has 1 aromatic carbocycles. The Morgan fingerprint density at radius 2 is 1.95 bits per heavy atom. The third kappa shape index (κ3) is 3.97. The second kappa shape index (κ2) is 5.76. The average Bonchev–Trinajstić information content (AvgIpc) is 2.70. The smallest absolute Gasteiger partial charge is 0.307 e. The summed E-state index contributed by atoms with van der Waals surface area (Å²) in [4.78, 5) is 11.0. The molecule has 0 radical (unpaired) electrons. The van der Waals surface area contributed by atoms with Crippen molar-refractivity contribution in [2.24, 2.45) is 0 Å². The van der Waals surface area contributed by atoms with Crippen molar-refractivity contribution in [1.29, 1.82) is 0 Å². The van der Waals surface area contributed by atoms with E-state index < -0.39 is 5.97 Å². The van der Waals surface area contributed by atoms with Gasteiger partial charge in [-0.05, 0) is 18.6 Å². The summed E-state index contributed by atoms with van der Waals surface area (Å²) in [6, 6.07) is 10.1. The molecule has 21 heavy (non-hydrogen) atoms. The minimum Gasteiger partial charge on any atom is -0.481 e. The van der Waals surface area contributed by atoms with Crippen LogP contribution in [0.2, 0.25) is 0 Å². The van der Waals surface area contributed by atoms with Crippen molar-refractivity contribution in [3.63, 3.8) is 0 Å². The highest BCUT2D eigenvalue weighted by Crippen LogP contribution is 2.30. The van der Waals surface area contributed by atoms with Crippen molar-refractivity contribution in [1.82, 2.24) is 0 Å². The molecule has 0 aliphatic heterocycles. The summed E-state index contributed by atoms with van der Waals surface area (Å²) < 4.78 is 5.96. The highest BCUT2D eigenvalue weighted by molar-refractivity contribution is 5.70. The lowest BCUT2D eigenvalue weighted by Gasteiger charge is -2.16. The molecular formula is C18H22O3. The number of carboxylic acids is 1. The summed E-state index contributed by atoms with van der Waals surface area (Å²) >= 11 is 0. The molecule has 0 bridgehead atoms. The molecule has 0 aliphatic rings. The number of hydrogen-bond donors (Lipinski definition) is 1. The van der Waals surface area contributed by atoms with E-state index >= 15 is 0 Å². The van der Waals surface area contributed by atoms with Gasteiger partial charge in [-0.25, -0.2) is 0 Å². The van der Waals surface area contributed by atoms with Crippen molar-refractivity contribution in [2.75, 3.05) is 0 Å². The molecule has 0 spiro atoms. The Morgan fingerprint density at radius 1 is 1.24 bits per heavy atom. The van der Waals surface area contributed by atoms with Gasteiger partial charge < -0.3 is 9.52 Å². The summed E-state index contributed by atoms with van der Waals surface area (Å²) in [5.41, 5.74) is 2.96. The van der Waals surface area contributed by atoms with Crippen LogP contribution in [0.3, 0.4) is 0 Å². The molecule has 1 N–H and O–H groups in total. The minimum atomic E-state index is -0.830. The third-order valence-electron chi connectivity index (χ3n) is 3.34. The van der Waals surface area contributed by atoms with Gasteiger partial charge >= 0.3 is 5.97 Å². The van der Waals surface area contributed by atoms with Crippen molar-refractivity contribution >= 4 is 5.97 Å². The average molecular weight is 286 g/mol. The summed E-state index contributed by atoms with van der Waals surface area (Å²) in [5.74, 6) is 0.762. The Hall–Kier alpha value is -2.03. The van der Waals surface area contributed by atoms with Gasteiger partial charge in [0.15, 0.2) is 0 Å². The summed E-state index contributed by atoms with van der Waals surface area (Å²) in [6.45, 7) is 8.16. The number of aliphatic carboxylic acids is 1. The molecule has 0 saturated heterocycles. The molecule has 0 unspecified atom stereocenters. The zero-order chi connectivity index (χ0) is 15.6. The molecule has 3 heteroatoms. The van der Waals surface area contributed by atoms with E-state index in [0.29, 0.717) is 6.42 Å². The van der Waals surface area contributed by atoms with E-state index in [-0.39, 0.29) is 11.8 Å². The Labute approximate surface area is 125 Å². The van der Waals surface area contributed by atoms with Crippen LogP contribution in [-0.4, -0.2) is 11.1 Å². The number of carbonyl (C=O) groups is 1. The lowest BCUT2D eigenvalue weighted by molar-refractivity contribution is -0.136. The van der Waals surface area contributed by atoms with Crippen LogP contribution >= 0.6 is 0 Å². The first-order chi connectivity index (χ1) is 9.75. The van der Waals surface area contributed by atoms with Crippen LogP contribution in [0.4, 0.5) is 0 Å². The van der Waals surface area contributed by atoms with Gasteiger partial charge in [-0.3, -0.25) is 4.79 Å². The van der Waals surface area contributed by atoms with E-state index in [4.69, 9.17) is 9.52 Å². The minimum absolute atomic E-state index is 0.00389. The molecule has 0 aliphatic carbocycles. The molecular weight excluding hydrogens is 264 g/mol. The Kier molecular flexibility index (Phi) is 4.21. The molecule has 112 valence electrons. The predicted molar refractivity (Wildman–Crippen MR) is 82.7 cm³/mol. The molecule has 1 heterocycles. The first-order valence-corrected chi connectivity index (χ1v) is 7.15. The summed E-state index contributed by atoms with van der Waals surface area (Å²) in [6.07, 6.45) is 0.689. The SMILES string of the molecule is Cc1cccc(Cc2cc(CC(=O)O)c(C(C)(C)C)o2)c1. The van der Waals surface area contributed by atoms with Gasteiger partial charge in [0.2, 0.25) is 0 Å². The topological polar surface area (TPSA) is 50.4 Å². The quantitative estimate of drug-likeness (QED) is 0.920. The molecule has 2 rings (SSSR count). The molecule has 0 atom stereocenters. The molecule has 0 fully saturated rings. The van der Waals surface area contributed by atoms with E-state index in [1.807, 2.05) is 32.9 Å². The monoisotopic (exact) mass is 286 g/mol. The standard InChI is InChI=1S/C18H22O3/c1-12-6-5-7-13(8-12)9-15-10-14(11-16(19)20)17(21-15)18(2,3)4/h5-8,10H,9,11H2,1-4H3,(H,19,20). The van der Waals surface area contributed by atoms with Crippen molar-refractivity contribution in [3.05, 3.63) is 58.5 Å². The molecule has 1 aromatic heterocycles. The largest absolute Gasteiger partial charge is 0.481 e. The van der Waals surface area contributed by atoms with E-state index in [0.717, 1.165) is 17.1 Å². The van der Waals surface area contributed by atoms with Gasteiger partial charge in [-0.2, -0.15) is 0 Å². The number of rotatable bonds is 4. The van der Waals surface area contributed by atoms with Crippen molar-refractivity contribution < 1.29 is 14.3 Å². The van der Waals surface area contributed by atoms with Crippen molar-refractivity contribution in [2.45, 2.75) is 46.0 Å². The lowest BCUT2D eigenvalue weighted by Crippen LogP contribution is -2.14. The number of aryl methyl sites for hydroxylation is 1. The second-order valence-corrected chi connectivity index (χ2v) is 6.55. The summed E-state index contributed by atoms with van der Waals surface area (Å²) in [5, 5.41) is 9.05. The number of hydrogen-bond acceptors (Lipinski definition) is 2. The fourth-order valence-electron chi connectivity index (χ4n) is 2.53. The van der Waals surface area contributed by atoms with Crippen molar-refractivity contribution in [3.8, 4) is 0 Å². The number of benzene rings is 1. The maximum Gasteiger partial charge on any atom is 0.307 e. The van der Waals surface area contributed by atoms with Crippen LogP contribution in [0.1, 0.15) is 49.0 Å². The fraction of sp³-hybridized carbons (Fsp3) is 0.389. The molecule has 2 aromatic rings. The van der Waals surface area contributed by atoms with Crippen LogP contribution in [0.15, 0.2) is 34.7 Å². The lowest BCUT2D eigenvalue weighted by atomic mass is 9.89. The van der Waals surface area contributed by atoms with Gasteiger partial charge in [0.1, 0.15) is 11.5 Å². The fourth-order valence-corrected chi connectivity index (χ4v) is 2.53. The summed E-state index contributed by atoms with van der Waals surface area (Å²) in [7, 11) is 0. The number of furan rings is 1. The van der Waals surface area contributed by atoms with E-state index in [2.05, 4.69) is 25.1 Å². The maximum atomic E-state index is 11.0. The van der Waals surface area contributed by atoms with Crippen LogP contribution < -0.4 is 0 Å². The molecule has 0 saturated carbocycles. The highest BCUT2D eigenvalue weighted by atomic mass is 16.4. The maximum absolute atomic E-state index is 11.0. The predicted octanol–water partition coefficient (Wildman–Crippen LogP) is 4.10. The zero-order valence-electron chi connectivity index (χ0n) is 13.1. The third-order valence-corrected chi connectivity index (χ3v) is 3.34. The van der Waals surface area contributed by atoms with Gasteiger partial charge in [0, 0.05) is 17.4 Å². The Bertz CT molecular complexity index is 645. The van der Waals surface area contributed by atoms with Gasteiger partial charge in [0.25, 0.3) is 0 Å². The first-order valence-electron chi connectivity index (χ1n) is 7.15. The first kappa shape index (κ1) is 15.4. The second-order valence-electron chi connectivity index (χ2n) is 6.55. The highest BCUT2D eigenvalue weighted by Gasteiger charge is 2.24. The van der Waals surface area contributed by atoms with E-state index in [1.165, 1.54) is 11.1 Å². The van der Waals surface area contributed by atoms with Gasteiger partial charge in [-0.1, -0.05) is 50.6 Å². The van der Waals surface area contributed by atoms with Crippen LogP contribution in [0.5, 0.6) is 0 Å². The van der Waals surface area contributed by atoms with E-state index in [1.54, 1.807) is 0 Å². The number of carboxylic acid groups (broad SMARTS) is 1. The van der Waals surface area contributed by atoms with Crippen LogP contribution in [0.25, 0.3) is 0 Å². The van der Waals surface area contributed by atoms with Gasteiger partial charge in [0.05, 0.1) is 6.42 Å². The Balaban J connectivity index is 2.32. The Morgan fingerprint density at radius 3 is 2.52 bits per heavy atom. The molecule has 3 nitrogen and oxygen atoms in total.